The highest BCUT2D eigenvalue weighted by molar-refractivity contribution is 5.94. The lowest BCUT2D eigenvalue weighted by atomic mass is 9.87. The molecule has 4 nitrogen and oxygen atoms in total. The minimum Gasteiger partial charge on any atom is -0.481 e. The lowest BCUT2D eigenvalue weighted by Gasteiger charge is -2.20. The number of nitrogens with one attached hydrogen (secondary N) is 1. The first kappa shape index (κ1) is 17.9. The number of benzene rings is 2. The second-order valence-electron chi connectivity index (χ2n) is 7.10. The molecule has 1 unspecified atom stereocenters. The van der Waals surface area contributed by atoms with E-state index in [1.54, 1.807) is 19.1 Å². The minimum atomic E-state index is -0.595. The van der Waals surface area contributed by atoms with Crippen molar-refractivity contribution in [3.63, 3.8) is 0 Å². The van der Waals surface area contributed by atoms with Gasteiger partial charge in [0.15, 0.2) is 6.10 Å². The van der Waals surface area contributed by atoms with E-state index in [0.29, 0.717) is 11.4 Å². The van der Waals surface area contributed by atoms with Crippen molar-refractivity contribution in [2.75, 3.05) is 11.1 Å². The lowest BCUT2D eigenvalue weighted by Crippen LogP contribution is -2.30. The van der Waals surface area contributed by atoms with Crippen molar-refractivity contribution < 1.29 is 9.53 Å². The number of nitrogens with two attached hydrogens (primary N) is 1. The van der Waals surface area contributed by atoms with Gasteiger partial charge in [0, 0.05) is 11.4 Å². The van der Waals surface area contributed by atoms with Gasteiger partial charge in [0.2, 0.25) is 0 Å². The normalized spacial score (nSPS) is 12.5. The van der Waals surface area contributed by atoms with Gasteiger partial charge in [0.05, 0.1) is 0 Å². The molecule has 0 radical (unpaired) electrons. The van der Waals surface area contributed by atoms with Crippen LogP contribution in [0.15, 0.2) is 42.5 Å². The summed E-state index contributed by atoms with van der Waals surface area (Å²) in [6.07, 6.45) is -0.595. The Bertz CT molecular complexity index is 715. The Hall–Kier alpha value is -2.49. The van der Waals surface area contributed by atoms with Gasteiger partial charge in [-0.1, -0.05) is 32.9 Å². The third kappa shape index (κ3) is 4.51. The second kappa shape index (κ2) is 6.95. The minimum absolute atomic E-state index is 0.0915. The zero-order chi connectivity index (χ0) is 17.9. The van der Waals surface area contributed by atoms with Crippen LogP contribution < -0.4 is 15.8 Å². The van der Waals surface area contributed by atoms with Gasteiger partial charge in [-0.05, 0) is 60.7 Å². The quantitative estimate of drug-likeness (QED) is 0.824. The number of hydrogen-bond acceptors (Lipinski definition) is 3. The van der Waals surface area contributed by atoms with Gasteiger partial charge in [-0.25, -0.2) is 0 Å². The molecule has 0 aromatic heterocycles. The van der Waals surface area contributed by atoms with Gasteiger partial charge in [-0.15, -0.1) is 0 Å². The topological polar surface area (TPSA) is 64.3 Å². The Morgan fingerprint density at radius 3 is 2.29 bits per heavy atom. The first-order valence-corrected chi connectivity index (χ1v) is 8.11. The molecule has 1 amide bonds. The van der Waals surface area contributed by atoms with Crippen LogP contribution in [0.5, 0.6) is 5.75 Å². The van der Waals surface area contributed by atoms with E-state index in [0.717, 1.165) is 11.3 Å². The molecule has 0 saturated carbocycles. The highest BCUT2D eigenvalue weighted by atomic mass is 16.5. The summed E-state index contributed by atoms with van der Waals surface area (Å²) in [6.45, 7) is 10.1. The Morgan fingerprint density at radius 1 is 1.12 bits per heavy atom. The zero-order valence-corrected chi connectivity index (χ0v) is 15.0. The van der Waals surface area contributed by atoms with E-state index in [9.17, 15) is 4.79 Å². The van der Waals surface area contributed by atoms with E-state index >= 15 is 0 Å². The van der Waals surface area contributed by atoms with Gasteiger partial charge in [0.1, 0.15) is 5.75 Å². The van der Waals surface area contributed by atoms with Gasteiger partial charge >= 0.3 is 0 Å². The summed E-state index contributed by atoms with van der Waals surface area (Å²) >= 11 is 0. The molecule has 0 aliphatic rings. The molecule has 0 aliphatic carbocycles. The predicted molar refractivity (Wildman–Crippen MR) is 99.5 cm³/mol. The Morgan fingerprint density at radius 2 is 1.75 bits per heavy atom. The Labute approximate surface area is 144 Å². The highest BCUT2D eigenvalue weighted by Crippen LogP contribution is 2.25. The van der Waals surface area contributed by atoms with E-state index in [-0.39, 0.29) is 11.3 Å². The second-order valence-corrected chi connectivity index (χ2v) is 7.10. The number of ether oxygens (including phenoxy) is 1. The Balaban J connectivity index is 2.01. The summed E-state index contributed by atoms with van der Waals surface area (Å²) in [7, 11) is 0. The number of nitrogen functional groups attached to an aromatic ring is 1. The fraction of sp³-hybridized carbons (Fsp3) is 0.350. The van der Waals surface area contributed by atoms with Gasteiger partial charge in [-0.2, -0.15) is 0 Å². The molecule has 2 aromatic rings. The van der Waals surface area contributed by atoms with E-state index in [4.69, 9.17) is 10.5 Å². The molecule has 0 bridgehead atoms. The number of carbonyl (C=O) groups is 1. The van der Waals surface area contributed by atoms with Crippen LogP contribution in [-0.2, 0) is 10.2 Å². The van der Waals surface area contributed by atoms with E-state index in [2.05, 4.69) is 26.1 Å². The molecule has 1 atom stereocenters. The lowest BCUT2D eigenvalue weighted by molar-refractivity contribution is -0.122. The molecule has 0 aliphatic heterocycles. The van der Waals surface area contributed by atoms with Crippen LogP contribution in [0.1, 0.15) is 38.8 Å². The fourth-order valence-electron chi connectivity index (χ4n) is 2.35. The summed E-state index contributed by atoms with van der Waals surface area (Å²) in [6, 6.07) is 13.3. The van der Waals surface area contributed by atoms with Crippen molar-refractivity contribution >= 4 is 17.3 Å². The molecule has 0 heterocycles. The molecule has 0 fully saturated rings. The SMILES string of the molecule is Cc1cc(N)ccc1NC(=O)C(C)Oc1ccc(C(C)(C)C)cc1. The van der Waals surface area contributed by atoms with Crippen molar-refractivity contribution in [2.45, 2.75) is 46.1 Å². The largest absolute Gasteiger partial charge is 0.481 e. The molecule has 24 heavy (non-hydrogen) atoms. The van der Waals surface area contributed by atoms with Crippen LogP contribution in [0.4, 0.5) is 11.4 Å². The molecule has 128 valence electrons. The molecule has 0 saturated heterocycles. The monoisotopic (exact) mass is 326 g/mol. The molecular weight excluding hydrogens is 300 g/mol. The van der Waals surface area contributed by atoms with Crippen LogP contribution in [-0.4, -0.2) is 12.0 Å². The number of anilines is 2. The predicted octanol–water partition coefficient (Wildman–Crippen LogP) is 4.28. The number of amides is 1. The average molecular weight is 326 g/mol. The number of rotatable bonds is 4. The van der Waals surface area contributed by atoms with E-state index in [1.807, 2.05) is 37.3 Å². The molecular formula is C20H26N2O2. The molecule has 0 spiro atoms. The summed E-state index contributed by atoms with van der Waals surface area (Å²) in [4.78, 5) is 12.3. The van der Waals surface area contributed by atoms with Crippen molar-refractivity contribution in [3.05, 3.63) is 53.6 Å². The summed E-state index contributed by atoms with van der Waals surface area (Å²) in [5.74, 6) is 0.488. The van der Waals surface area contributed by atoms with Crippen molar-refractivity contribution in [3.8, 4) is 5.75 Å². The maximum Gasteiger partial charge on any atom is 0.265 e. The van der Waals surface area contributed by atoms with E-state index < -0.39 is 6.10 Å². The first-order valence-electron chi connectivity index (χ1n) is 8.11. The highest BCUT2D eigenvalue weighted by Gasteiger charge is 2.17. The zero-order valence-electron chi connectivity index (χ0n) is 15.0. The summed E-state index contributed by atoms with van der Waals surface area (Å²) < 4.78 is 5.74. The van der Waals surface area contributed by atoms with Gasteiger partial charge in [-0.3, -0.25) is 4.79 Å². The van der Waals surface area contributed by atoms with Crippen LogP contribution >= 0.6 is 0 Å². The first-order chi connectivity index (χ1) is 11.2. The summed E-state index contributed by atoms with van der Waals surface area (Å²) in [5, 5.41) is 2.87. The molecule has 2 aromatic carbocycles. The molecule has 3 N–H and O–H groups in total. The maximum atomic E-state index is 12.3. The van der Waals surface area contributed by atoms with Crippen LogP contribution in [0.3, 0.4) is 0 Å². The maximum absolute atomic E-state index is 12.3. The number of hydrogen-bond donors (Lipinski definition) is 2. The van der Waals surface area contributed by atoms with Gasteiger partial charge < -0.3 is 15.8 Å². The average Bonchev–Trinajstić information content (AvgIpc) is 2.49. The van der Waals surface area contributed by atoms with Crippen molar-refractivity contribution in [1.82, 2.24) is 0 Å². The number of aryl methyl sites for hydroxylation is 1. The standard InChI is InChI=1S/C20H26N2O2/c1-13-12-16(21)8-11-18(13)22-19(23)14(2)24-17-9-6-15(7-10-17)20(3,4)5/h6-12,14H,21H2,1-5H3,(H,22,23). The van der Waals surface area contributed by atoms with E-state index in [1.165, 1.54) is 5.56 Å². The van der Waals surface area contributed by atoms with Gasteiger partial charge in [0.25, 0.3) is 5.91 Å². The smallest absolute Gasteiger partial charge is 0.265 e. The van der Waals surface area contributed by atoms with Crippen LogP contribution in [0.25, 0.3) is 0 Å². The summed E-state index contributed by atoms with van der Waals surface area (Å²) in [5.41, 5.74) is 9.38. The van der Waals surface area contributed by atoms with Crippen molar-refractivity contribution in [2.24, 2.45) is 0 Å². The molecule has 4 heteroatoms. The Kier molecular flexibility index (Phi) is 5.17. The van der Waals surface area contributed by atoms with Crippen LogP contribution in [0.2, 0.25) is 0 Å². The number of carbonyl (C=O) groups excluding carboxylic acids is 1. The third-order valence-corrected chi connectivity index (χ3v) is 3.91. The third-order valence-electron chi connectivity index (χ3n) is 3.91. The fourth-order valence-corrected chi connectivity index (χ4v) is 2.35. The van der Waals surface area contributed by atoms with Crippen LogP contribution in [0, 0.1) is 6.92 Å². The van der Waals surface area contributed by atoms with Crippen molar-refractivity contribution in [1.29, 1.82) is 0 Å². The molecule has 2 rings (SSSR count).